The smallest absolute Gasteiger partial charge is 0.289 e. The molecule has 1 N–H and O–H groups in total. The zero-order chi connectivity index (χ0) is 26.2. The molecule has 2 aliphatic rings. The van der Waals surface area contributed by atoms with Gasteiger partial charge < -0.3 is 19.0 Å². The van der Waals surface area contributed by atoms with Crippen molar-refractivity contribution in [3.63, 3.8) is 0 Å². The van der Waals surface area contributed by atoms with E-state index < -0.39 is 6.04 Å². The molecule has 2 atom stereocenters. The molecular weight excluding hydrogens is 486 g/mol. The minimum absolute atomic E-state index is 0.0424. The lowest BCUT2D eigenvalue weighted by molar-refractivity contribution is 0.0550. The van der Waals surface area contributed by atoms with Crippen LogP contribution in [0.25, 0.3) is 10.9 Å². The number of pyridine rings is 1. The number of rotatable bonds is 6. The molecule has 0 bridgehead atoms. The van der Waals surface area contributed by atoms with Crippen LogP contribution in [0.1, 0.15) is 52.0 Å². The standard InChI is InChI=1S/C27H31N7O4/c1-17-13-18(2)20-15-21(26(35)28-22(20)14-17)24(25-29-30-31-34(25)16-19-5-3-11-37-19)32-7-9-33(10-8-32)27(36)23-6-4-12-38-23/h4,6,12-15,19,24H,3,5,7-11,16H2,1-2H3,(H,28,35). The van der Waals surface area contributed by atoms with Crippen molar-refractivity contribution in [3.05, 3.63) is 75.2 Å². The minimum atomic E-state index is -0.485. The number of hydrogen-bond acceptors (Lipinski definition) is 8. The molecule has 2 fully saturated rings. The van der Waals surface area contributed by atoms with E-state index in [0.717, 1.165) is 41.5 Å². The number of carbonyl (C=O) groups is 1. The quantitative estimate of drug-likeness (QED) is 0.414. The number of H-pyrrole nitrogens is 1. The van der Waals surface area contributed by atoms with E-state index in [1.165, 1.54) is 6.26 Å². The lowest BCUT2D eigenvalue weighted by atomic mass is 9.99. The Balaban J connectivity index is 1.37. The number of tetrazole rings is 1. The van der Waals surface area contributed by atoms with Gasteiger partial charge in [0.05, 0.1) is 18.9 Å². The zero-order valence-corrected chi connectivity index (χ0v) is 21.6. The highest BCUT2D eigenvalue weighted by Gasteiger charge is 2.35. The molecule has 0 aliphatic carbocycles. The fourth-order valence-corrected chi connectivity index (χ4v) is 5.65. The van der Waals surface area contributed by atoms with E-state index in [0.29, 0.717) is 49.9 Å². The summed E-state index contributed by atoms with van der Waals surface area (Å²) in [5, 5.41) is 13.7. The maximum absolute atomic E-state index is 13.6. The molecule has 3 aromatic heterocycles. The summed E-state index contributed by atoms with van der Waals surface area (Å²) in [6.45, 7) is 7.42. The first-order chi connectivity index (χ1) is 18.5. The van der Waals surface area contributed by atoms with Gasteiger partial charge in [0.15, 0.2) is 11.6 Å². The Kier molecular flexibility index (Phi) is 6.54. The Morgan fingerprint density at radius 2 is 2.03 bits per heavy atom. The predicted octanol–water partition coefficient (Wildman–Crippen LogP) is 2.45. The number of nitrogens with one attached hydrogen (secondary N) is 1. The number of hydrogen-bond donors (Lipinski definition) is 1. The van der Waals surface area contributed by atoms with Crippen molar-refractivity contribution in [3.8, 4) is 0 Å². The molecule has 1 amide bonds. The summed E-state index contributed by atoms with van der Waals surface area (Å²) in [6, 6.07) is 8.97. The number of ether oxygens (including phenoxy) is 1. The van der Waals surface area contributed by atoms with Gasteiger partial charge in [0.25, 0.3) is 11.5 Å². The van der Waals surface area contributed by atoms with E-state index in [9.17, 15) is 9.59 Å². The molecule has 2 unspecified atom stereocenters. The molecule has 0 radical (unpaired) electrons. The van der Waals surface area contributed by atoms with Crippen molar-refractivity contribution in [1.29, 1.82) is 0 Å². The first kappa shape index (κ1) is 24.5. The van der Waals surface area contributed by atoms with E-state index in [1.807, 2.05) is 26.0 Å². The number of aryl methyl sites for hydroxylation is 2. The molecule has 2 aliphatic heterocycles. The number of aromatic amines is 1. The van der Waals surface area contributed by atoms with Crippen molar-refractivity contribution < 1.29 is 13.9 Å². The van der Waals surface area contributed by atoms with Crippen molar-refractivity contribution in [2.75, 3.05) is 32.8 Å². The Hall–Kier alpha value is -3.83. The zero-order valence-electron chi connectivity index (χ0n) is 21.6. The van der Waals surface area contributed by atoms with Crippen LogP contribution in [0.2, 0.25) is 0 Å². The SMILES string of the molecule is Cc1cc(C)c2cc(C(c3nnnn3CC3CCCO3)N3CCN(C(=O)c4ccco4)CC3)c(=O)[nH]c2c1. The van der Waals surface area contributed by atoms with Crippen LogP contribution in [0.15, 0.2) is 45.8 Å². The molecule has 198 valence electrons. The lowest BCUT2D eigenvalue weighted by Crippen LogP contribution is -2.50. The monoisotopic (exact) mass is 517 g/mol. The van der Waals surface area contributed by atoms with Crippen LogP contribution in [0.4, 0.5) is 0 Å². The summed E-state index contributed by atoms with van der Waals surface area (Å²) < 4.78 is 12.9. The molecule has 11 heteroatoms. The van der Waals surface area contributed by atoms with Gasteiger partial charge in [-0.3, -0.25) is 14.5 Å². The Bertz CT molecular complexity index is 1500. The molecular formula is C27H31N7O4. The summed E-state index contributed by atoms with van der Waals surface area (Å²) in [7, 11) is 0. The first-order valence-corrected chi connectivity index (χ1v) is 13.1. The number of nitrogens with zero attached hydrogens (tertiary/aromatic N) is 6. The van der Waals surface area contributed by atoms with Crippen LogP contribution in [-0.2, 0) is 11.3 Å². The summed E-state index contributed by atoms with van der Waals surface area (Å²) in [5.41, 5.74) is 3.39. The normalized spacial score (nSPS) is 19.3. The van der Waals surface area contributed by atoms with Crippen LogP contribution in [0, 0.1) is 13.8 Å². The van der Waals surface area contributed by atoms with E-state index in [4.69, 9.17) is 9.15 Å². The summed E-state index contributed by atoms with van der Waals surface area (Å²) in [5.74, 6) is 0.789. The highest BCUT2D eigenvalue weighted by atomic mass is 16.5. The van der Waals surface area contributed by atoms with Crippen LogP contribution < -0.4 is 5.56 Å². The molecule has 1 aromatic carbocycles. The molecule has 0 saturated carbocycles. The predicted molar refractivity (Wildman–Crippen MR) is 139 cm³/mol. The maximum Gasteiger partial charge on any atom is 0.289 e. The maximum atomic E-state index is 13.6. The summed E-state index contributed by atoms with van der Waals surface area (Å²) >= 11 is 0. The van der Waals surface area contributed by atoms with Gasteiger partial charge in [0.1, 0.15) is 6.04 Å². The van der Waals surface area contributed by atoms with E-state index in [-0.39, 0.29) is 17.6 Å². The third-order valence-electron chi connectivity index (χ3n) is 7.54. The molecule has 2 saturated heterocycles. The lowest BCUT2D eigenvalue weighted by Gasteiger charge is -2.38. The summed E-state index contributed by atoms with van der Waals surface area (Å²) in [6.07, 6.45) is 3.51. The number of benzene rings is 1. The Labute approximate surface area is 219 Å². The third-order valence-corrected chi connectivity index (χ3v) is 7.54. The van der Waals surface area contributed by atoms with E-state index in [1.54, 1.807) is 21.7 Å². The Morgan fingerprint density at radius 1 is 1.18 bits per heavy atom. The topological polar surface area (TPSA) is 122 Å². The number of aromatic nitrogens is 5. The van der Waals surface area contributed by atoms with Crippen LogP contribution in [0.3, 0.4) is 0 Å². The average molecular weight is 518 g/mol. The van der Waals surface area contributed by atoms with Gasteiger partial charge in [-0.05, 0) is 72.5 Å². The van der Waals surface area contributed by atoms with Crippen molar-refractivity contribution in [2.24, 2.45) is 0 Å². The molecule has 4 aromatic rings. The fourth-order valence-electron chi connectivity index (χ4n) is 5.65. The molecule has 5 heterocycles. The van der Waals surface area contributed by atoms with Crippen molar-refractivity contribution >= 4 is 16.8 Å². The second-order valence-electron chi connectivity index (χ2n) is 10.2. The molecule has 38 heavy (non-hydrogen) atoms. The highest BCUT2D eigenvalue weighted by molar-refractivity contribution is 5.91. The molecule has 11 nitrogen and oxygen atoms in total. The average Bonchev–Trinajstić information content (AvgIpc) is 3.69. The first-order valence-electron chi connectivity index (χ1n) is 13.1. The van der Waals surface area contributed by atoms with Gasteiger partial charge in [0.2, 0.25) is 0 Å². The fraction of sp³-hybridized carbons (Fsp3) is 0.444. The van der Waals surface area contributed by atoms with Gasteiger partial charge in [-0.15, -0.1) is 5.10 Å². The van der Waals surface area contributed by atoms with Crippen LogP contribution in [-0.4, -0.2) is 79.8 Å². The van der Waals surface area contributed by atoms with E-state index in [2.05, 4.69) is 31.5 Å². The molecule has 0 spiro atoms. The number of furan rings is 1. The van der Waals surface area contributed by atoms with E-state index >= 15 is 0 Å². The highest BCUT2D eigenvalue weighted by Crippen LogP contribution is 2.30. The summed E-state index contributed by atoms with van der Waals surface area (Å²) in [4.78, 5) is 33.5. The van der Waals surface area contributed by atoms with Gasteiger partial charge in [0, 0.05) is 49.3 Å². The second kappa shape index (κ2) is 10.1. The second-order valence-corrected chi connectivity index (χ2v) is 10.2. The van der Waals surface area contributed by atoms with Crippen molar-refractivity contribution in [2.45, 2.75) is 45.4 Å². The number of carbonyl (C=O) groups excluding carboxylic acids is 1. The largest absolute Gasteiger partial charge is 0.459 e. The van der Waals surface area contributed by atoms with Gasteiger partial charge >= 0.3 is 0 Å². The third kappa shape index (κ3) is 4.63. The van der Waals surface area contributed by atoms with Crippen LogP contribution >= 0.6 is 0 Å². The minimum Gasteiger partial charge on any atom is -0.459 e. The Morgan fingerprint density at radius 3 is 2.76 bits per heavy atom. The number of piperazine rings is 1. The number of fused-ring (bicyclic) bond motifs is 1. The van der Waals surface area contributed by atoms with Gasteiger partial charge in [-0.2, -0.15) is 0 Å². The van der Waals surface area contributed by atoms with Crippen molar-refractivity contribution in [1.82, 2.24) is 35.0 Å². The molecule has 6 rings (SSSR count). The van der Waals surface area contributed by atoms with Gasteiger partial charge in [-0.1, -0.05) is 6.07 Å². The number of amides is 1. The van der Waals surface area contributed by atoms with Gasteiger partial charge in [-0.25, -0.2) is 4.68 Å². The van der Waals surface area contributed by atoms with Crippen LogP contribution in [0.5, 0.6) is 0 Å².